The summed E-state index contributed by atoms with van der Waals surface area (Å²) in [5.41, 5.74) is 9.35. The lowest BCUT2D eigenvalue weighted by molar-refractivity contribution is 0.340. The first-order chi connectivity index (χ1) is 9.11. The smallest absolute Gasteiger partial charge is 0.119 e. The zero-order valence-corrected chi connectivity index (χ0v) is 11.9. The van der Waals surface area contributed by atoms with Gasteiger partial charge in [-0.3, -0.25) is 0 Å². The largest absolute Gasteiger partial charge is 0.494 e. The molecule has 1 unspecified atom stereocenters. The number of benzene rings is 2. The van der Waals surface area contributed by atoms with E-state index in [4.69, 9.17) is 22.1 Å². The maximum atomic E-state index is 6.29. The summed E-state index contributed by atoms with van der Waals surface area (Å²) in [6, 6.07) is 13.5. The molecular weight excluding hydrogens is 258 g/mol. The molecule has 2 aromatic carbocycles. The third kappa shape index (κ3) is 3.28. The Morgan fingerprint density at radius 3 is 2.68 bits per heavy atom. The molecule has 0 radical (unpaired) electrons. The molecule has 0 aliphatic heterocycles. The number of nitrogens with two attached hydrogens (primary N) is 1. The van der Waals surface area contributed by atoms with Crippen LogP contribution >= 0.6 is 11.6 Å². The lowest BCUT2D eigenvalue weighted by atomic mass is 9.98. The van der Waals surface area contributed by atoms with Crippen LogP contribution in [-0.2, 0) is 0 Å². The van der Waals surface area contributed by atoms with Crippen LogP contribution < -0.4 is 10.5 Å². The van der Waals surface area contributed by atoms with E-state index in [1.54, 1.807) is 0 Å². The fraction of sp³-hybridized carbons (Fsp3) is 0.250. The second-order valence-corrected chi connectivity index (χ2v) is 4.92. The average molecular weight is 276 g/mol. The Morgan fingerprint density at radius 2 is 2.00 bits per heavy atom. The zero-order valence-electron chi connectivity index (χ0n) is 11.2. The third-order valence-corrected chi connectivity index (χ3v) is 3.35. The molecule has 0 saturated carbocycles. The van der Waals surface area contributed by atoms with E-state index in [2.05, 4.69) is 0 Å². The first-order valence-electron chi connectivity index (χ1n) is 6.36. The zero-order chi connectivity index (χ0) is 13.8. The average Bonchev–Trinajstić information content (AvgIpc) is 2.39. The van der Waals surface area contributed by atoms with Crippen LogP contribution in [0.1, 0.15) is 29.7 Å². The van der Waals surface area contributed by atoms with Crippen LogP contribution in [0.2, 0.25) is 5.02 Å². The van der Waals surface area contributed by atoms with Crippen molar-refractivity contribution in [2.24, 2.45) is 5.73 Å². The first kappa shape index (κ1) is 13.9. The van der Waals surface area contributed by atoms with E-state index in [-0.39, 0.29) is 6.04 Å². The van der Waals surface area contributed by atoms with Gasteiger partial charge in [0.05, 0.1) is 12.6 Å². The van der Waals surface area contributed by atoms with Gasteiger partial charge in [0, 0.05) is 5.02 Å². The molecule has 100 valence electrons. The molecule has 0 fully saturated rings. The molecule has 19 heavy (non-hydrogen) atoms. The molecular formula is C16H18ClNO. The first-order valence-corrected chi connectivity index (χ1v) is 6.74. The Bertz CT molecular complexity index is 568. The molecule has 3 heteroatoms. The maximum Gasteiger partial charge on any atom is 0.119 e. The van der Waals surface area contributed by atoms with E-state index in [0.717, 1.165) is 22.4 Å². The SMILES string of the molecule is CCOc1cccc(C(N)c2ccc(C)cc2Cl)c1. The second kappa shape index (κ2) is 6.09. The fourth-order valence-corrected chi connectivity index (χ4v) is 2.38. The summed E-state index contributed by atoms with van der Waals surface area (Å²) in [6.07, 6.45) is 0. The summed E-state index contributed by atoms with van der Waals surface area (Å²) in [5, 5.41) is 0.703. The van der Waals surface area contributed by atoms with Crippen LogP contribution in [0.4, 0.5) is 0 Å². The molecule has 0 spiro atoms. The minimum Gasteiger partial charge on any atom is -0.494 e. The molecule has 0 bridgehead atoms. The monoisotopic (exact) mass is 275 g/mol. The lowest BCUT2D eigenvalue weighted by Gasteiger charge is -2.15. The van der Waals surface area contributed by atoms with Gasteiger partial charge in [-0.15, -0.1) is 0 Å². The quantitative estimate of drug-likeness (QED) is 0.912. The van der Waals surface area contributed by atoms with Gasteiger partial charge in [-0.25, -0.2) is 0 Å². The van der Waals surface area contributed by atoms with Crippen molar-refractivity contribution in [2.75, 3.05) is 6.61 Å². The third-order valence-electron chi connectivity index (χ3n) is 3.02. The normalized spacial score (nSPS) is 12.2. The predicted octanol–water partition coefficient (Wildman–Crippen LogP) is 4.10. The highest BCUT2D eigenvalue weighted by molar-refractivity contribution is 6.31. The van der Waals surface area contributed by atoms with Gasteiger partial charge in [0.15, 0.2) is 0 Å². The molecule has 0 aliphatic carbocycles. The Morgan fingerprint density at radius 1 is 1.21 bits per heavy atom. The number of hydrogen-bond acceptors (Lipinski definition) is 2. The van der Waals surface area contributed by atoms with Crippen molar-refractivity contribution < 1.29 is 4.74 Å². The topological polar surface area (TPSA) is 35.2 Å². The van der Waals surface area contributed by atoms with Crippen molar-refractivity contribution in [3.8, 4) is 5.75 Å². The number of hydrogen-bond donors (Lipinski definition) is 1. The van der Waals surface area contributed by atoms with Gasteiger partial charge in [-0.05, 0) is 48.7 Å². The highest BCUT2D eigenvalue weighted by Gasteiger charge is 2.13. The predicted molar refractivity (Wildman–Crippen MR) is 79.8 cm³/mol. The van der Waals surface area contributed by atoms with Gasteiger partial charge < -0.3 is 10.5 Å². The van der Waals surface area contributed by atoms with Crippen LogP contribution in [0.5, 0.6) is 5.75 Å². The van der Waals surface area contributed by atoms with Crippen molar-refractivity contribution in [2.45, 2.75) is 19.9 Å². The van der Waals surface area contributed by atoms with Crippen LogP contribution in [-0.4, -0.2) is 6.61 Å². The Kier molecular flexibility index (Phi) is 4.46. The Balaban J connectivity index is 2.32. The second-order valence-electron chi connectivity index (χ2n) is 4.51. The summed E-state index contributed by atoms with van der Waals surface area (Å²) in [7, 11) is 0. The van der Waals surface area contributed by atoms with Gasteiger partial charge in [0.1, 0.15) is 5.75 Å². The van der Waals surface area contributed by atoms with E-state index in [0.29, 0.717) is 11.6 Å². The van der Waals surface area contributed by atoms with Crippen molar-refractivity contribution >= 4 is 11.6 Å². The molecule has 2 nitrogen and oxygen atoms in total. The summed E-state index contributed by atoms with van der Waals surface area (Å²) in [5.74, 6) is 0.832. The molecule has 0 aromatic heterocycles. The fourth-order valence-electron chi connectivity index (χ4n) is 2.03. The molecule has 0 aliphatic rings. The molecule has 2 aromatic rings. The van der Waals surface area contributed by atoms with E-state index < -0.39 is 0 Å². The van der Waals surface area contributed by atoms with Gasteiger partial charge in [-0.1, -0.05) is 35.9 Å². The number of halogens is 1. The standard InChI is InChI=1S/C16H18ClNO/c1-3-19-13-6-4-5-12(10-13)16(18)14-8-7-11(2)9-15(14)17/h4-10,16H,3,18H2,1-2H3. The van der Waals surface area contributed by atoms with E-state index in [9.17, 15) is 0 Å². The summed E-state index contributed by atoms with van der Waals surface area (Å²) in [6.45, 7) is 4.62. The molecule has 0 heterocycles. The van der Waals surface area contributed by atoms with Gasteiger partial charge in [0.25, 0.3) is 0 Å². The van der Waals surface area contributed by atoms with Gasteiger partial charge in [-0.2, -0.15) is 0 Å². The van der Waals surface area contributed by atoms with E-state index in [1.807, 2.05) is 56.3 Å². The molecule has 0 saturated heterocycles. The van der Waals surface area contributed by atoms with Crippen LogP contribution in [0.3, 0.4) is 0 Å². The number of aryl methyl sites for hydroxylation is 1. The van der Waals surface area contributed by atoms with Crippen molar-refractivity contribution in [3.63, 3.8) is 0 Å². The molecule has 1 atom stereocenters. The highest BCUT2D eigenvalue weighted by atomic mass is 35.5. The summed E-state index contributed by atoms with van der Waals surface area (Å²) in [4.78, 5) is 0. The van der Waals surface area contributed by atoms with Crippen LogP contribution in [0.15, 0.2) is 42.5 Å². The lowest BCUT2D eigenvalue weighted by Crippen LogP contribution is -2.12. The maximum absolute atomic E-state index is 6.29. The van der Waals surface area contributed by atoms with Crippen molar-refractivity contribution in [1.82, 2.24) is 0 Å². The molecule has 2 N–H and O–H groups in total. The highest BCUT2D eigenvalue weighted by Crippen LogP contribution is 2.28. The minimum atomic E-state index is -0.242. The van der Waals surface area contributed by atoms with Crippen LogP contribution in [0, 0.1) is 6.92 Å². The summed E-state index contributed by atoms with van der Waals surface area (Å²) >= 11 is 6.26. The number of rotatable bonds is 4. The minimum absolute atomic E-state index is 0.242. The van der Waals surface area contributed by atoms with Gasteiger partial charge in [0.2, 0.25) is 0 Å². The van der Waals surface area contributed by atoms with Crippen LogP contribution in [0.25, 0.3) is 0 Å². The Hall–Kier alpha value is -1.51. The number of ether oxygens (including phenoxy) is 1. The van der Waals surface area contributed by atoms with Crippen molar-refractivity contribution in [1.29, 1.82) is 0 Å². The van der Waals surface area contributed by atoms with Gasteiger partial charge >= 0.3 is 0 Å². The van der Waals surface area contributed by atoms with E-state index >= 15 is 0 Å². The van der Waals surface area contributed by atoms with Crippen molar-refractivity contribution in [3.05, 3.63) is 64.2 Å². The summed E-state index contributed by atoms with van der Waals surface area (Å²) < 4.78 is 5.49. The molecule has 2 rings (SSSR count). The molecule has 0 amide bonds. The Labute approximate surface area is 119 Å². The van der Waals surface area contributed by atoms with E-state index in [1.165, 1.54) is 0 Å².